The Bertz CT molecular complexity index is 367. The second-order valence-corrected chi connectivity index (χ2v) is 4.02. The van der Waals surface area contributed by atoms with Crippen LogP contribution >= 0.6 is 0 Å². The molecule has 0 atom stereocenters. The van der Waals surface area contributed by atoms with Crippen molar-refractivity contribution in [3.8, 4) is 11.5 Å². The lowest BCUT2D eigenvalue weighted by molar-refractivity contribution is 0.354. The van der Waals surface area contributed by atoms with Crippen LogP contribution in [0.15, 0.2) is 12.1 Å². The maximum atomic E-state index is 5.32. The molecular weight excluding hydrogens is 216 g/mol. The molecule has 0 unspecified atom stereocenters. The van der Waals surface area contributed by atoms with Gasteiger partial charge in [-0.2, -0.15) is 0 Å². The number of ether oxygens (including phenoxy) is 2. The molecule has 96 valence electrons. The molecule has 1 aromatic rings. The highest BCUT2D eigenvalue weighted by Gasteiger charge is 2.11. The van der Waals surface area contributed by atoms with E-state index in [4.69, 9.17) is 9.47 Å². The summed E-state index contributed by atoms with van der Waals surface area (Å²) in [5.41, 5.74) is 2.35. The Balaban J connectivity index is 2.99. The quantitative estimate of drug-likeness (QED) is 0.817. The van der Waals surface area contributed by atoms with Crippen molar-refractivity contribution in [3.63, 3.8) is 0 Å². The molecule has 0 heterocycles. The molecule has 4 nitrogen and oxygen atoms in total. The molecule has 0 bridgehead atoms. The monoisotopic (exact) mass is 238 g/mol. The fourth-order valence-corrected chi connectivity index (χ4v) is 1.78. The van der Waals surface area contributed by atoms with Crippen LogP contribution in [0.3, 0.4) is 0 Å². The molecule has 17 heavy (non-hydrogen) atoms. The summed E-state index contributed by atoms with van der Waals surface area (Å²) >= 11 is 0. The highest BCUT2D eigenvalue weighted by molar-refractivity contribution is 5.61. The lowest BCUT2D eigenvalue weighted by Gasteiger charge is -2.22. The van der Waals surface area contributed by atoms with Crippen LogP contribution in [0, 0.1) is 6.92 Å². The van der Waals surface area contributed by atoms with Gasteiger partial charge in [-0.3, -0.25) is 0 Å². The van der Waals surface area contributed by atoms with E-state index in [0.29, 0.717) is 0 Å². The third kappa shape index (κ3) is 3.27. The molecule has 0 saturated heterocycles. The van der Waals surface area contributed by atoms with Crippen molar-refractivity contribution in [2.24, 2.45) is 0 Å². The van der Waals surface area contributed by atoms with Gasteiger partial charge in [-0.05, 0) is 25.6 Å². The SMILES string of the molecule is CNCCN(C)c1cc(OC)c(OC)cc1C. The van der Waals surface area contributed by atoms with E-state index < -0.39 is 0 Å². The number of hydrogen-bond acceptors (Lipinski definition) is 4. The van der Waals surface area contributed by atoms with Crippen molar-refractivity contribution in [3.05, 3.63) is 17.7 Å². The molecular formula is C13H22N2O2. The molecule has 0 spiro atoms. The largest absolute Gasteiger partial charge is 0.493 e. The first-order valence-corrected chi connectivity index (χ1v) is 5.72. The van der Waals surface area contributed by atoms with E-state index in [9.17, 15) is 0 Å². The number of benzene rings is 1. The van der Waals surface area contributed by atoms with E-state index in [-0.39, 0.29) is 0 Å². The van der Waals surface area contributed by atoms with Gasteiger partial charge in [0, 0.05) is 31.9 Å². The predicted octanol–water partition coefficient (Wildman–Crippen LogP) is 1.67. The lowest BCUT2D eigenvalue weighted by Crippen LogP contribution is -2.27. The fraction of sp³-hybridized carbons (Fsp3) is 0.538. The first-order chi connectivity index (χ1) is 8.13. The molecule has 0 aromatic heterocycles. The number of likely N-dealkylation sites (N-methyl/N-ethyl adjacent to an activating group) is 2. The Labute approximate surface area is 104 Å². The minimum atomic E-state index is 0.768. The first-order valence-electron chi connectivity index (χ1n) is 5.72. The molecule has 1 rings (SSSR count). The van der Waals surface area contributed by atoms with E-state index in [1.807, 2.05) is 19.2 Å². The van der Waals surface area contributed by atoms with Crippen LogP contribution in [0.5, 0.6) is 11.5 Å². The highest BCUT2D eigenvalue weighted by atomic mass is 16.5. The molecule has 0 aliphatic carbocycles. The van der Waals surface area contributed by atoms with Crippen molar-refractivity contribution in [1.29, 1.82) is 0 Å². The summed E-state index contributed by atoms with van der Waals surface area (Å²) < 4.78 is 10.6. The van der Waals surface area contributed by atoms with Gasteiger partial charge in [-0.15, -0.1) is 0 Å². The van der Waals surface area contributed by atoms with Gasteiger partial charge < -0.3 is 19.7 Å². The first kappa shape index (κ1) is 13.6. The summed E-state index contributed by atoms with van der Waals surface area (Å²) in [7, 11) is 7.34. The summed E-state index contributed by atoms with van der Waals surface area (Å²) in [6, 6.07) is 4.02. The third-order valence-electron chi connectivity index (χ3n) is 2.81. The summed E-state index contributed by atoms with van der Waals surface area (Å²) in [6.45, 7) is 3.98. The fourth-order valence-electron chi connectivity index (χ4n) is 1.78. The van der Waals surface area contributed by atoms with E-state index in [0.717, 1.165) is 30.3 Å². The Morgan fingerprint density at radius 1 is 1.18 bits per heavy atom. The van der Waals surface area contributed by atoms with E-state index in [1.165, 1.54) is 5.56 Å². The van der Waals surface area contributed by atoms with Crippen LogP contribution in [0.1, 0.15) is 5.56 Å². The van der Waals surface area contributed by atoms with E-state index >= 15 is 0 Å². The van der Waals surface area contributed by atoms with Gasteiger partial charge in [0.15, 0.2) is 11.5 Å². The van der Waals surface area contributed by atoms with Gasteiger partial charge in [-0.25, -0.2) is 0 Å². The molecule has 0 fully saturated rings. The van der Waals surface area contributed by atoms with Crippen molar-refractivity contribution < 1.29 is 9.47 Å². The van der Waals surface area contributed by atoms with Crippen LogP contribution in [0.2, 0.25) is 0 Å². The van der Waals surface area contributed by atoms with Gasteiger partial charge >= 0.3 is 0 Å². The smallest absolute Gasteiger partial charge is 0.162 e. The molecule has 4 heteroatoms. The highest BCUT2D eigenvalue weighted by Crippen LogP contribution is 2.34. The topological polar surface area (TPSA) is 33.7 Å². The number of aryl methyl sites for hydroxylation is 1. The van der Waals surface area contributed by atoms with Crippen molar-refractivity contribution in [2.75, 3.05) is 46.3 Å². The number of hydrogen-bond donors (Lipinski definition) is 1. The van der Waals surface area contributed by atoms with Gasteiger partial charge in [0.25, 0.3) is 0 Å². The average Bonchev–Trinajstić information content (AvgIpc) is 2.35. The van der Waals surface area contributed by atoms with Crippen molar-refractivity contribution in [1.82, 2.24) is 5.32 Å². The molecule has 1 N–H and O–H groups in total. The normalized spacial score (nSPS) is 10.2. The van der Waals surface area contributed by atoms with Gasteiger partial charge in [0.05, 0.1) is 14.2 Å². The van der Waals surface area contributed by atoms with E-state index in [1.54, 1.807) is 14.2 Å². The third-order valence-corrected chi connectivity index (χ3v) is 2.81. The van der Waals surface area contributed by atoms with Crippen LogP contribution in [-0.4, -0.2) is 41.4 Å². The second-order valence-electron chi connectivity index (χ2n) is 4.02. The van der Waals surface area contributed by atoms with Gasteiger partial charge in [-0.1, -0.05) is 0 Å². The summed E-state index contributed by atoms with van der Waals surface area (Å²) in [6.07, 6.45) is 0. The van der Waals surface area contributed by atoms with Crippen molar-refractivity contribution >= 4 is 5.69 Å². The molecule has 0 aliphatic rings. The zero-order chi connectivity index (χ0) is 12.8. The maximum Gasteiger partial charge on any atom is 0.162 e. The van der Waals surface area contributed by atoms with Gasteiger partial charge in [0.2, 0.25) is 0 Å². The molecule has 0 aliphatic heterocycles. The number of nitrogens with zero attached hydrogens (tertiary/aromatic N) is 1. The zero-order valence-corrected chi connectivity index (χ0v) is 11.3. The van der Waals surface area contributed by atoms with Crippen LogP contribution < -0.4 is 19.7 Å². The minimum absolute atomic E-state index is 0.768. The standard InChI is InChI=1S/C13H22N2O2/c1-10-8-12(16-4)13(17-5)9-11(10)15(3)7-6-14-2/h8-9,14H,6-7H2,1-5H3. The molecule has 0 amide bonds. The van der Waals surface area contributed by atoms with Crippen LogP contribution in [0.25, 0.3) is 0 Å². The average molecular weight is 238 g/mol. The zero-order valence-electron chi connectivity index (χ0n) is 11.3. The molecule has 1 aromatic carbocycles. The Morgan fingerprint density at radius 3 is 2.29 bits per heavy atom. The number of anilines is 1. The second kappa shape index (κ2) is 6.35. The van der Waals surface area contributed by atoms with Crippen LogP contribution in [0.4, 0.5) is 5.69 Å². The molecule has 0 radical (unpaired) electrons. The van der Waals surface area contributed by atoms with Crippen LogP contribution in [-0.2, 0) is 0 Å². The summed E-state index contributed by atoms with van der Waals surface area (Å²) in [4.78, 5) is 2.20. The summed E-state index contributed by atoms with van der Waals surface area (Å²) in [5, 5.41) is 3.14. The number of methoxy groups -OCH3 is 2. The van der Waals surface area contributed by atoms with Crippen molar-refractivity contribution in [2.45, 2.75) is 6.92 Å². The maximum absolute atomic E-state index is 5.32. The number of rotatable bonds is 6. The predicted molar refractivity (Wildman–Crippen MR) is 71.5 cm³/mol. The van der Waals surface area contributed by atoms with E-state index in [2.05, 4.69) is 24.2 Å². The summed E-state index contributed by atoms with van der Waals surface area (Å²) in [5.74, 6) is 1.54. The van der Waals surface area contributed by atoms with Gasteiger partial charge in [0.1, 0.15) is 0 Å². The Kier molecular flexibility index (Phi) is 5.10. The Morgan fingerprint density at radius 2 is 1.76 bits per heavy atom. The minimum Gasteiger partial charge on any atom is -0.493 e. The lowest BCUT2D eigenvalue weighted by atomic mass is 10.1. The molecule has 0 saturated carbocycles. The number of nitrogens with one attached hydrogen (secondary N) is 1. The Hall–Kier alpha value is -1.42.